The molecule has 1 aliphatic rings. The minimum atomic E-state index is -2.87. The van der Waals surface area contributed by atoms with E-state index in [-0.39, 0.29) is 0 Å². The lowest BCUT2D eigenvalue weighted by atomic mass is 10.1. The second-order valence-electron chi connectivity index (χ2n) is 4.10. The molecule has 110 valence electrons. The lowest BCUT2D eigenvalue weighted by Crippen LogP contribution is -2.37. The van der Waals surface area contributed by atoms with Gasteiger partial charge in [-0.2, -0.15) is 0 Å². The molecule has 2 rings (SSSR count). The summed E-state index contributed by atoms with van der Waals surface area (Å²) in [7, 11) is -2.87. The highest BCUT2D eigenvalue weighted by molar-refractivity contribution is 7.32. The number of aliphatic hydroxyl groups excluding tert-OH is 2. The first-order valence-electron chi connectivity index (χ1n) is 5.52. The van der Waals surface area contributed by atoms with E-state index >= 15 is 0 Å². The maximum Gasteiger partial charge on any atom is 0.694 e. The number of hydrogen-bond acceptors (Lipinski definition) is 7. The van der Waals surface area contributed by atoms with Gasteiger partial charge in [0.05, 0.1) is 0 Å². The Bertz CT molecular complexity index is 612. The van der Waals surface area contributed by atoms with Gasteiger partial charge in [0.25, 0.3) is 5.56 Å². The van der Waals surface area contributed by atoms with E-state index < -0.39 is 50.7 Å². The molecule has 0 radical (unpaired) electrons. The van der Waals surface area contributed by atoms with Crippen molar-refractivity contribution in [2.75, 3.05) is 6.61 Å². The molecule has 20 heavy (non-hydrogen) atoms. The van der Waals surface area contributed by atoms with Crippen molar-refractivity contribution in [3.8, 4) is 0 Å². The third-order valence-corrected chi connectivity index (χ3v) is 3.18. The number of aromatic nitrogens is 2. The first kappa shape index (κ1) is 15.0. The Morgan fingerprint density at radius 2 is 2.10 bits per heavy atom. The van der Waals surface area contributed by atoms with E-state index in [1.165, 1.54) is 0 Å². The molecule has 0 aromatic carbocycles. The van der Waals surface area contributed by atoms with Gasteiger partial charge in [0.15, 0.2) is 6.23 Å². The molecule has 0 bridgehead atoms. The van der Waals surface area contributed by atoms with E-state index in [1.54, 1.807) is 0 Å². The molecule has 1 aliphatic heterocycles. The van der Waals surface area contributed by atoms with Crippen LogP contribution in [0.3, 0.4) is 0 Å². The first-order valence-corrected chi connectivity index (χ1v) is 6.65. The molecule has 4 N–H and O–H groups in total. The minimum Gasteiger partial charge on any atom is -0.387 e. The highest BCUT2D eigenvalue weighted by atomic mass is 31.1. The molecule has 1 fully saturated rings. The van der Waals surface area contributed by atoms with Gasteiger partial charge in [0.2, 0.25) is 0 Å². The quantitative estimate of drug-likeness (QED) is 0.458. The van der Waals surface area contributed by atoms with E-state index in [1.807, 2.05) is 4.98 Å². The second-order valence-corrected chi connectivity index (χ2v) is 4.83. The van der Waals surface area contributed by atoms with Crippen LogP contribution in [0, 0.1) is 0 Å². The van der Waals surface area contributed by atoms with Gasteiger partial charge >= 0.3 is 13.9 Å². The molecule has 2 heterocycles. The van der Waals surface area contributed by atoms with Crippen LogP contribution < -0.4 is 11.2 Å². The fourth-order valence-electron chi connectivity index (χ4n) is 1.86. The van der Waals surface area contributed by atoms with Crippen molar-refractivity contribution in [3.63, 3.8) is 0 Å². The summed E-state index contributed by atoms with van der Waals surface area (Å²) >= 11 is 0. The Kier molecular flexibility index (Phi) is 4.43. The van der Waals surface area contributed by atoms with Crippen LogP contribution >= 0.6 is 8.25 Å². The van der Waals surface area contributed by atoms with E-state index in [2.05, 4.69) is 4.52 Å². The number of H-pyrrole nitrogens is 1. The number of ether oxygens (including phenoxy) is 1. The molecule has 1 unspecified atom stereocenters. The Morgan fingerprint density at radius 1 is 1.40 bits per heavy atom. The summed E-state index contributed by atoms with van der Waals surface area (Å²) in [6.45, 7) is -0.432. The van der Waals surface area contributed by atoms with Gasteiger partial charge in [0.1, 0.15) is 24.9 Å². The van der Waals surface area contributed by atoms with Gasteiger partial charge in [-0.25, -0.2) is 4.79 Å². The number of rotatable bonds is 4. The predicted octanol–water partition coefficient (Wildman–Crippen LogP) is -2.18. The molecule has 10 nitrogen and oxygen atoms in total. The molecule has 0 saturated carbocycles. The van der Waals surface area contributed by atoms with Crippen molar-refractivity contribution in [3.05, 3.63) is 33.1 Å². The predicted molar refractivity (Wildman–Crippen MR) is 63.0 cm³/mol. The average Bonchev–Trinajstić information content (AvgIpc) is 2.64. The third-order valence-electron chi connectivity index (χ3n) is 2.81. The summed E-state index contributed by atoms with van der Waals surface area (Å²) in [5.74, 6) is 0. The zero-order valence-corrected chi connectivity index (χ0v) is 10.8. The second kappa shape index (κ2) is 5.92. The van der Waals surface area contributed by atoms with E-state index in [0.717, 1.165) is 16.8 Å². The fourth-order valence-corrected chi connectivity index (χ4v) is 2.14. The molecule has 5 atom stereocenters. The summed E-state index contributed by atoms with van der Waals surface area (Å²) in [6, 6.07) is 1.05. The molecule has 1 saturated heterocycles. The molecule has 0 spiro atoms. The van der Waals surface area contributed by atoms with Crippen LogP contribution in [0.1, 0.15) is 6.23 Å². The summed E-state index contributed by atoms with van der Waals surface area (Å²) in [6.07, 6.45) is -4.07. The third kappa shape index (κ3) is 3.01. The van der Waals surface area contributed by atoms with Crippen molar-refractivity contribution >= 4 is 8.25 Å². The van der Waals surface area contributed by atoms with Gasteiger partial charge in [-0.05, 0) is 0 Å². The summed E-state index contributed by atoms with van der Waals surface area (Å²) in [4.78, 5) is 33.0. The number of aromatic amines is 1. The largest absolute Gasteiger partial charge is 0.694 e. The Morgan fingerprint density at radius 3 is 2.70 bits per heavy atom. The van der Waals surface area contributed by atoms with Crippen molar-refractivity contribution in [1.29, 1.82) is 0 Å². The first-order chi connectivity index (χ1) is 9.40. The Hall–Kier alpha value is -1.42. The molecular formula is C9H12N2O8P+. The van der Waals surface area contributed by atoms with Crippen LogP contribution in [0.5, 0.6) is 0 Å². The SMILES string of the molecule is O=c1ccn([C@@H]2O[C@H](CO[P+](=O)O)[C@@H](O)[C@H]2O)c(=O)[nH]1. The van der Waals surface area contributed by atoms with Crippen LogP contribution in [0.25, 0.3) is 0 Å². The van der Waals surface area contributed by atoms with Crippen molar-refractivity contribution in [2.45, 2.75) is 24.5 Å². The zero-order valence-electron chi connectivity index (χ0n) is 9.95. The highest BCUT2D eigenvalue weighted by Gasteiger charge is 2.45. The summed E-state index contributed by atoms with van der Waals surface area (Å²) in [5.41, 5.74) is -1.43. The van der Waals surface area contributed by atoms with Crippen molar-refractivity contribution in [2.24, 2.45) is 0 Å². The van der Waals surface area contributed by atoms with Gasteiger partial charge in [-0.15, -0.1) is 9.42 Å². The van der Waals surface area contributed by atoms with E-state index in [0.29, 0.717) is 0 Å². The van der Waals surface area contributed by atoms with E-state index in [9.17, 15) is 24.4 Å². The molecule has 0 amide bonds. The molecular weight excluding hydrogens is 295 g/mol. The van der Waals surface area contributed by atoms with Crippen molar-refractivity contribution in [1.82, 2.24) is 9.55 Å². The highest BCUT2D eigenvalue weighted by Crippen LogP contribution is 2.29. The number of nitrogens with one attached hydrogen (secondary N) is 1. The number of aliphatic hydroxyl groups is 2. The molecule has 11 heteroatoms. The van der Waals surface area contributed by atoms with Gasteiger partial charge < -0.3 is 14.9 Å². The zero-order chi connectivity index (χ0) is 14.9. The number of hydrogen-bond donors (Lipinski definition) is 4. The average molecular weight is 307 g/mol. The van der Waals surface area contributed by atoms with Gasteiger partial charge in [-0.3, -0.25) is 14.3 Å². The maximum atomic E-state index is 11.6. The maximum absolute atomic E-state index is 11.6. The fraction of sp³-hybridized carbons (Fsp3) is 0.556. The minimum absolute atomic E-state index is 0.432. The standard InChI is InChI=1S/C9H11N2O8P/c12-5-1-2-11(9(15)10-5)8-7(14)6(13)4(19-8)3-18-20(16)17/h1-2,4,6-8,13-14H,3H2,(H-,10,12,15,16,17)/p+1/t4-,6-,7-,8-/m1/s1. The molecule has 1 aromatic rings. The molecule has 1 aromatic heterocycles. The number of nitrogens with zero attached hydrogens (tertiary/aromatic N) is 1. The van der Waals surface area contributed by atoms with Gasteiger partial charge in [-0.1, -0.05) is 0 Å². The van der Waals surface area contributed by atoms with Crippen LogP contribution in [0.4, 0.5) is 0 Å². The molecule has 0 aliphatic carbocycles. The lowest BCUT2D eigenvalue weighted by Gasteiger charge is -2.16. The normalized spacial score (nSPS) is 30.4. The van der Waals surface area contributed by atoms with E-state index in [4.69, 9.17) is 9.63 Å². The summed E-state index contributed by atoms with van der Waals surface area (Å²) < 4.78 is 20.9. The van der Waals surface area contributed by atoms with Crippen LogP contribution in [-0.4, -0.2) is 49.6 Å². The van der Waals surface area contributed by atoms with Crippen LogP contribution in [0.2, 0.25) is 0 Å². The van der Waals surface area contributed by atoms with Crippen LogP contribution in [-0.2, 0) is 13.8 Å². The van der Waals surface area contributed by atoms with Crippen LogP contribution in [0.15, 0.2) is 21.9 Å². The topological polar surface area (TPSA) is 151 Å². The lowest BCUT2D eigenvalue weighted by molar-refractivity contribution is -0.0517. The monoisotopic (exact) mass is 307 g/mol. The van der Waals surface area contributed by atoms with Gasteiger partial charge in [0, 0.05) is 16.8 Å². The smallest absolute Gasteiger partial charge is 0.387 e. The Balaban J connectivity index is 2.19. The summed E-state index contributed by atoms with van der Waals surface area (Å²) in [5, 5.41) is 19.6. The van der Waals surface area contributed by atoms with Crippen molar-refractivity contribution < 1.29 is 28.9 Å². The Labute approximate surface area is 112 Å².